The molecule has 1 heterocycles. The van der Waals surface area contributed by atoms with Gasteiger partial charge in [0.15, 0.2) is 5.78 Å². The first-order valence-electron chi connectivity index (χ1n) is 8.83. The van der Waals surface area contributed by atoms with Gasteiger partial charge >= 0.3 is 12.1 Å². The van der Waals surface area contributed by atoms with Gasteiger partial charge in [0, 0.05) is 27.2 Å². The van der Waals surface area contributed by atoms with Crippen LogP contribution < -0.4 is 0 Å². The molecular weight excluding hydrogens is 322 g/mol. The van der Waals surface area contributed by atoms with Crippen LogP contribution in [0.2, 0.25) is 0 Å². The lowest BCUT2D eigenvalue weighted by molar-refractivity contribution is -0.122. The van der Waals surface area contributed by atoms with Crippen molar-refractivity contribution >= 4 is 17.9 Å². The van der Waals surface area contributed by atoms with Gasteiger partial charge in [0.25, 0.3) is 0 Å². The van der Waals surface area contributed by atoms with Crippen molar-refractivity contribution in [2.24, 2.45) is 5.92 Å². The van der Waals surface area contributed by atoms with Gasteiger partial charge in [0.05, 0.1) is 12.1 Å². The molecule has 0 radical (unpaired) electrons. The fraction of sp³-hybridized carbons (Fsp3) is 0.833. The molecule has 1 rings (SSSR count). The Bertz CT molecular complexity index is 513. The quantitative estimate of drug-likeness (QED) is 0.777. The van der Waals surface area contributed by atoms with Gasteiger partial charge in [-0.15, -0.1) is 0 Å². The van der Waals surface area contributed by atoms with Crippen molar-refractivity contribution in [3.8, 4) is 0 Å². The molecule has 25 heavy (non-hydrogen) atoms. The Morgan fingerprint density at radius 2 is 1.72 bits per heavy atom. The second-order valence-electron chi connectivity index (χ2n) is 8.17. The number of likely N-dealkylation sites (tertiary alicyclic amines) is 1. The van der Waals surface area contributed by atoms with Crippen molar-refractivity contribution in [3.05, 3.63) is 0 Å². The van der Waals surface area contributed by atoms with E-state index in [1.165, 1.54) is 11.8 Å². The molecule has 7 heteroatoms. The van der Waals surface area contributed by atoms with Crippen LogP contribution in [0.3, 0.4) is 0 Å². The van der Waals surface area contributed by atoms with Crippen LogP contribution in [0.4, 0.5) is 9.59 Å². The van der Waals surface area contributed by atoms with E-state index < -0.39 is 11.6 Å². The van der Waals surface area contributed by atoms with Gasteiger partial charge in [0.2, 0.25) is 0 Å². The molecule has 1 saturated heterocycles. The molecule has 2 atom stereocenters. The Balaban J connectivity index is 2.71. The SMILES string of the molecule is CC(=O)[C@H](C(C)C)N(C)C(=O)N(C)[C@H]1CCN(C(=O)OC(C)(C)C)C1. The molecule has 1 aliphatic heterocycles. The lowest BCUT2D eigenvalue weighted by atomic mass is 9.99. The number of likely N-dealkylation sites (N-methyl/N-ethyl adjacent to an activating group) is 2. The van der Waals surface area contributed by atoms with E-state index in [-0.39, 0.29) is 29.9 Å². The maximum atomic E-state index is 12.8. The maximum absolute atomic E-state index is 12.8. The largest absolute Gasteiger partial charge is 0.444 e. The molecule has 0 aliphatic carbocycles. The number of hydrogen-bond donors (Lipinski definition) is 0. The average molecular weight is 355 g/mol. The lowest BCUT2D eigenvalue weighted by Gasteiger charge is -2.35. The van der Waals surface area contributed by atoms with E-state index in [1.54, 1.807) is 23.9 Å². The first-order valence-corrected chi connectivity index (χ1v) is 8.83. The minimum Gasteiger partial charge on any atom is -0.444 e. The summed E-state index contributed by atoms with van der Waals surface area (Å²) in [4.78, 5) is 41.5. The molecule has 0 unspecified atom stereocenters. The van der Waals surface area contributed by atoms with E-state index in [0.29, 0.717) is 19.5 Å². The molecule has 0 aromatic rings. The summed E-state index contributed by atoms with van der Waals surface area (Å²) in [6.07, 6.45) is 0.342. The number of ether oxygens (including phenoxy) is 1. The van der Waals surface area contributed by atoms with Crippen molar-refractivity contribution in [2.45, 2.75) is 65.6 Å². The second kappa shape index (κ2) is 8.06. The van der Waals surface area contributed by atoms with Crippen LogP contribution in [0.25, 0.3) is 0 Å². The normalized spacial score (nSPS) is 18.9. The number of nitrogens with zero attached hydrogens (tertiary/aromatic N) is 3. The van der Waals surface area contributed by atoms with Crippen LogP contribution in [0.5, 0.6) is 0 Å². The number of Topliss-reactive ketones (excluding diaryl/α,β-unsaturated/α-hetero) is 1. The predicted octanol–water partition coefficient (Wildman–Crippen LogP) is 2.59. The molecule has 0 bridgehead atoms. The van der Waals surface area contributed by atoms with E-state index >= 15 is 0 Å². The fourth-order valence-electron chi connectivity index (χ4n) is 3.26. The van der Waals surface area contributed by atoms with E-state index in [9.17, 15) is 14.4 Å². The van der Waals surface area contributed by atoms with Crippen molar-refractivity contribution in [3.63, 3.8) is 0 Å². The zero-order chi connectivity index (χ0) is 19.5. The first kappa shape index (κ1) is 21.3. The van der Waals surface area contributed by atoms with Gasteiger partial charge in [-0.05, 0) is 40.0 Å². The fourth-order valence-corrected chi connectivity index (χ4v) is 3.26. The predicted molar refractivity (Wildman–Crippen MR) is 96.4 cm³/mol. The molecule has 1 aliphatic rings. The molecule has 1 fully saturated rings. The molecule has 0 saturated carbocycles. The number of urea groups is 1. The van der Waals surface area contributed by atoms with Gasteiger partial charge < -0.3 is 19.4 Å². The van der Waals surface area contributed by atoms with Crippen LogP contribution >= 0.6 is 0 Å². The standard InChI is InChI=1S/C18H33N3O4/c1-12(2)15(13(3)22)20(8)16(23)19(7)14-9-10-21(11-14)17(24)25-18(4,5)6/h12,14-15H,9-11H2,1-8H3/t14-,15-/m0/s1. The Kier molecular flexibility index (Phi) is 6.85. The highest BCUT2D eigenvalue weighted by Gasteiger charge is 2.36. The molecule has 0 spiro atoms. The molecule has 0 aromatic heterocycles. The van der Waals surface area contributed by atoms with Crippen LogP contribution in [-0.4, -0.2) is 77.5 Å². The molecule has 0 N–H and O–H groups in total. The molecule has 3 amide bonds. The van der Waals surface area contributed by atoms with Crippen LogP contribution in [0, 0.1) is 5.92 Å². The van der Waals surface area contributed by atoms with Crippen molar-refractivity contribution in [1.82, 2.24) is 14.7 Å². The minimum atomic E-state index is -0.539. The number of rotatable bonds is 4. The number of carbonyl (C=O) groups is 3. The number of hydrogen-bond acceptors (Lipinski definition) is 4. The summed E-state index contributed by atoms with van der Waals surface area (Å²) in [7, 11) is 3.38. The van der Waals surface area contributed by atoms with Crippen LogP contribution in [0.15, 0.2) is 0 Å². The number of carbonyl (C=O) groups excluding carboxylic acids is 3. The van der Waals surface area contributed by atoms with Gasteiger partial charge in [-0.25, -0.2) is 9.59 Å². The molecule has 144 valence electrons. The Morgan fingerprint density at radius 3 is 2.16 bits per heavy atom. The smallest absolute Gasteiger partial charge is 0.410 e. The zero-order valence-corrected chi connectivity index (χ0v) is 16.8. The highest BCUT2D eigenvalue weighted by Crippen LogP contribution is 2.20. The summed E-state index contributed by atoms with van der Waals surface area (Å²) < 4.78 is 5.39. The third-order valence-electron chi connectivity index (χ3n) is 4.43. The highest BCUT2D eigenvalue weighted by molar-refractivity contribution is 5.87. The van der Waals surface area contributed by atoms with Crippen molar-refractivity contribution in [1.29, 1.82) is 0 Å². The third-order valence-corrected chi connectivity index (χ3v) is 4.43. The highest BCUT2D eigenvalue weighted by atomic mass is 16.6. The van der Waals surface area contributed by atoms with Crippen LogP contribution in [0.1, 0.15) is 48.0 Å². The summed E-state index contributed by atoms with van der Waals surface area (Å²) in [5.41, 5.74) is -0.539. The summed E-state index contributed by atoms with van der Waals surface area (Å²) in [6, 6.07) is -0.731. The Labute approximate surface area is 151 Å². The molecule has 0 aromatic carbocycles. The van der Waals surface area contributed by atoms with Gasteiger partial charge in [-0.2, -0.15) is 0 Å². The van der Waals surface area contributed by atoms with Gasteiger partial charge in [0.1, 0.15) is 5.60 Å². The summed E-state index contributed by atoms with van der Waals surface area (Å²) >= 11 is 0. The second-order valence-corrected chi connectivity index (χ2v) is 8.17. The topological polar surface area (TPSA) is 70.2 Å². The third kappa shape index (κ3) is 5.61. The summed E-state index contributed by atoms with van der Waals surface area (Å²) in [5, 5.41) is 0. The van der Waals surface area contributed by atoms with E-state index in [1.807, 2.05) is 34.6 Å². The maximum Gasteiger partial charge on any atom is 0.410 e. The van der Waals surface area contributed by atoms with E-state index in [4.69, 9.17) is 4.74 Å². The zero-order valence-electron chi connectivity index (χ0n) is 16.8. The van der Waals surface area contributed by atoms with Crippen molar-refractivity contribution in [2.75, 3.05) is 27.2 Å². The Morgan fingerprint density at radius 1 is 1.16 bits per heavy atom. The summed E-state index contributed by atoms with van der Waals surface area (Å²) in [6.45, 7) is 11.9. The number of amides is 3. The first-order chi connectivity index (χ1) is 11.3. The van der Waals surface area contributed by atoms with Crippen molar-refractivity contribution < 1.29 is 19.1 Å². The number of ketones is 1. The van der Waals surface area contributed by atoms with Gasteiger partial charge in [-0.1, -0.05) is 13.8 Å². The van der Waals surface area contributed by atoms with Gasteiger partial charge in [-0.3, -0.25) is 4.79 Å². The van der Waals surface area contributed by atoms with E-state index in [2.05, 4.69) is 0 Å². The Hall–Kier alpha value is -1.79. The summed E-state index contributed by atoms with van der Waals surface area (Å²) in [5.74, 6) is 0.0164. The molecule has 7 nitrogen and oxygen atoms in total. The average Bonchev–Trinajstić information content (AvgIpc) is 2.92. The molecular formula is C18H33N3O4. The monoisotopic (exact) mass is 355 g/mol. The minimum absolute atomic E-state index is 0.0268. The van der Waals surface area contributed by atoms with E-state index in [0.717, 1.165) is 0 Å². The lowest BCUT2D eigenvalue weighted by Crippen LogP contribution is -2.52. The van der Waals surface area contributed by atoms with Crippen LogP contribution in [-0.2, 0) is 9.53 Å².